The van der Waals surface area contributed by atoms with Crippen molar-refractivity contribution in [2.24, 2.45) is 0 Å². The molecule has 5 heteroatoms. The maximum Gasteiger partial charge on any atom is 0.160 e. The van der Waals surface area contributed by atoms with Gasteiger partial charge < -0.3 is 14.6 Å². The highest BCUT2D eigenvalue weighted by Gasteiger charge is 2.07. The average Bonchev–Trinajstić information content (AvgIpc) is 2.64. The van der Waals surface area contributed by atoms with E-state index < -0.39 is 0 Å². The van der Waals surface area contributed by atoms with Gasteiger partial charge in [0.05, 0.1) is 18.7 Å². The van der Waals surface area contributed by atoms with Gasteiger partial charge in [-0.15, -0.1) is 0 Å². The summed E-state index contributed by atoms with van der Waals surface area (Å²) in [4.78, 5) is 12.1. The van der Waals surface area contributed by atoms with Gasteiger partial charge >= 0.3 is 0 Å². The minimum atomic E-state index is 0.159. The standard InChI is InChI=1S/C21H25BrO4/c1-25-20-11-8-16(13-18(20)22)7-10-17(23)6-4-3-5-15-9-12-21(26-2)19(24)14-15/h8-9,11-14,24H,3-7,10H2,1-2H3. The SMILES string of the molecule is COc1ccc(CCCCC(=O)CCc2ccc(OC)c(Br)c2)cc1O. The van der Waals surface area contributed by atoms with Gasteiger partial charge in [0.1, 0.15) is 11.5 Å². The van der Waals surface area contributed by atoms with Crippen LogP contribution >= 0.6 is 15.9 Å². The molecular formula is C21H25BrO4. The Morgan fingerprint density at radius 3 is 2.19 bits per heavy atom. The Bertz CT molecular complexity index is 743. The summed E-state index contributed by atoms with van der Waals surface area (Å²) < 4.78 is 11.2. The van der Waals surface area contributed by atoms with Gasteiger partial charge in [-0.2, -0.15) is 0 Å². The smallest absolute Gasteiger partial charge is 0.160 e. The van der Waals surface area contributed by atoms with Crippen molar-refractivity contribution >= 4 is 21.7 Å². The molecule has 0 aromatic heterocycles. The van der Waals surface area contributed by atoms with E-state index in [1.54, 1.807) is 19.2 Å². The molecule has 26 heavy (non-hydrogen) atoms. The van der Waals surface area contributed by atoms with Crippen LogP contribution in [0.25, 0.3) is 0 Å². The van der Waals surface area contributed by atoms with Crippen LogP contribution in [-0.2, 0) is 17.6 Å². The zero-order valence-electron chi connectivity index (χ0n) is 15.3. The molecule has 0 saturated carbocycles. The highest BCUT2D eigenvalue weighted by atomic mass is 79.9. The molecule has 2 aromatic rings. The summed E-state index contributed by atoms with van der Waals surface area (Å²) in [5, 5.41) is 9.78. The van der Waals surface area contributed by atoms with Crippen molar-refractivity contribution in [2.75, 3.05) is 14.2 Å². The molecule has 2 aromatic carbocycles. The van der Waals surface area contributed by atoms with Crippen LogP contribution in [0.2, 0.25) is 0 Å². The third-order valence-corrected chi connectivity index (χ3v) is 4.94. The number of aromatic hydroxyl groups is 1. The van der Waals surface area contributed by atoms with E-state index >= 15 is 0 Å². The van der Waals surface area contributed by atoms with E-state index in [0.29, 0.717) is 18.6 Å². The van der Waals surface area contributed by atoms with Gasteiger partial charge in [-0.3, -0.25) is 4.79 Å². The number of ketones is 1. The van der Waals surface area contributed by atoms with Crippen molar-refractivity contribution in [3.05, 3.63) is 52.0 Å². The fourth-order valence-electron chi connectivity index (χ4n) is 2.82. The minimum Gasteiger partial charge on any atom is -0.504 e. The Morgan fingerprint density at radius 2 is 1.58 bits per heavy atom. The monoisotopic (exact) mass is 420 g/mol. The zero-order valence-corrected chi connectivity index (χ0v) is 16.8. The van der Waals surface area contributed by atoms with Crippen molar-refractivity contribution in [3.8, 4) is 17.2 Å². The third kappa shape index (κ3) is 6.06. The first kappa shape index (κ1) is 20.3. The molecule has 0 atom stereocenters. The Kier molecular flexibility index (Phi) is 7.98. The molecule has 2 rings (SSSR count). The summed E-state index contributed by atoms with van der Waals surface area (Å²) in [6.45, 7) is 0. The Morgan fingerprint density at radius 1 is 0.923 bits per heavy atom. The Labute approximate surface area is 163 Å². The lowest BCUT2D eigenvalue weighted by Gasteiger charge is -2.07. The number of phenols is 1. The van der Waals surface area contributed by atoms with E-state index in [0.717, 1.165) is 47.0 Å². The fourth-order valence-corrected chi connectivity index (χ4v) is 3.40. The summed E-state index contributed by atoms with van der Waals surface area (Å²) in [6, 6.07) is 11.3. The summed E-state index contributed by atoms with van der Waals surface area (Å²) in [5.41, 5.74) is 2.18. The summed E-state index contributed by atoms with van der Waals surface area (Å²) in [7, 11) is 3.17. The molecule has 140 valence electrons. The molecule has 0 bridgehead atoms. The molecule has 0 unspecified atom stereocenters. The Balaban J connectivity index is 1.69. The molecule has 0 fully saturated rings. The number of hydrogen-bond acceptors (Lipinski definition) is 4. The predicted molar refractivity (Wildman–Crippen MR) is 106 cm³/mol. The molecule has 0 aliphatic heterocycles. The number of hydrogen-bond donors (Lipinski definition) is 1. The van der Waals surface area contributed by atoms with Crippen molar-refractivity contribution in [3.63, 3.8) is 0 Å². The van der Waals surface area contributed by atoms with Crippen LogP contribution in [0.1, 0.15) is 36.8 Å². The first-order valence-corrected chi connectivity index (χ1v) is 9.52. The van der Waals surface area contributed by atoms with Crippen molar-refractivity contribution in [2.45, 2.75) is 38.5 Å². The Hall–Kier alpha value is -2.01. The molecule has 0 aliphatic rings. The van der Waals surface area contributed by atoms with Crippen molar-refractivity contribution in [1.29, 1.82) is 0 Å². The number of rotatable bonds is 10. The number of methoxy groups -OCH3 is 2. The second-order valence-electron chi connectivity index (χ2n) is 6.22. The molecule has 0 radical (unpaired) electrons. The van der Waals surface area contributed by atoms with Crippen LogP contribution in [0.4, 0.5) is 0 Å². The van der Waals surface area contributed by atoms with Gasteiger partial charge in [0.15, 0.2) is 11.5 Å². The quantitative estimate of drug-likeness (QED) is 0.544. The summed E-state index contributed by atoms with van der Waals surface area (Å²) in [5.74, 6) is 1.72. The topological polar surface area (TPSA) is 55.8 Å². The number of unbranched alkanes of at least 4 members (excludes halogenated alkanes) is 1. The predicted octanol–water partition coefficient (Wildman–Crippen LogP) is 5.09. The molecular weight excluding hydrogens is 396 g/mol. The number of halogens is 1. The van der Waals surface area contributed by atoms with E-state index in [1.165, 1.54) is 7.11 Å². The van der Waals surface area contributed by atoms with E-state index in [4.69, 9.17) is 9.47 Å². The first-order valence-electron chi connectivity index (χ1n) is 8.73. The highest BCUT2D eigenvalue weighted by molar-refractivity contribution is 9.10. The van der Waals surface area contributed by atoms with Crippen molar-refractivity contribution in [1.82, 2.24) is 0 Å². The number of Topliss-reactive ketones (excluding diaryl/α,β-unsaturated/α-hetero) is 1. The largest absolute Gasteiger partial charge is 0.504 e. The number of carbonyl (C=O) groups excluding carboxylic acids is 1. The molecule has 0 amide bonds. The van der Waals surface area contributed by atoms with Gasteiger partial charge in [-0.25, -0.2) is 0 Å². The zero-order chi connectivity index (χ0) is 18.9. The molecule has 0 saturated heterocycles. The van der Waals surface area contributed by atoms with Gasteiger partial charge in [-0.05, 0) is 77.0 Å². The maximum absolute atomic E-state index is 12.1. The highest BCUT2D eigenvalue weighted by Crippen LogP contribution is 2.27. The molecule has 0 heterocycles. The number of benzene rings is 2. The second-order valence-corrected chi connectivity index (χ2v) is 7.08. The van der Waals surface area contributed by atoms with E-state index in [2.05, 4.69) is 15.9 Å². The lowest BCUT2D eigenvalue weighted by molar-refractivity contribution is -0.119. The first-order chi connectivity index (χ1) is 12.5. The third-order valence-electron chi connectivity index (χ3n) is 4.32. The van der Waals surface area contributed by atoms with Gasteiger partial charge in [-0.1, -0.05) is 12.1 Å². The van der Waals surface area contributed by atoms with Crippen molar-refractivity contribution < 1.29 is 19.4 Å². The molecule has 0 aliphatic carbocycles. The molecule has 1 N–H and O–H groups in total. The lowest BCUT2D eigenvalue weighted by atomic mass is 10.0. The lowest BCUT2D eigenvalue weighted by Crippen LogP contribution is -2.01. The summed E-state index contributed by atoms with van der Waals surface area (Å²) in [6.07, 6.45) is 4.52. The second kappa shape index (κ2) is 10.2. The van der Waals surface area contributed by atoms with E-state index in [9.17, 15) is 9.90 Å². The van der Waals surface area contributed by atoms with E-state index in [1.807, 2.05) is 24.3 Å². The average molecular weight is 421 g/mol. The van der Waals surface area contributed by atoms with Gasteiger partial charge in [0, 0.05) is 12.8 Å². The van der Waals surface area contributed by atoms with E-state index in [-0.39, 0.29) is 11.5 Å². The fraction of sp³-hybridized carbons (Fsp3) is 0.381. The van der Waals surface area contributed by atoms with Gasteiger partial charge in [0.25, 0.3) is 0 Å². The number of ether oxygens (including phenoxy) is 2. The number of carbonyl (C=O) groups is 1. The maximum atomic E-state index is 12.1. The van der Waals surface area contributed by atoms with Crippen LogP contribution in [0, 0.1) is 0 Å². The number of phenolic OH excluding ortho intramolecular Hbond substituents is 1. The van der Waals surface area contributed by atoms with Crippen LogP contribution in [0.5, 0.6) is 17.2 Å². The normalized spacial score (nSPS) is 10.6. The van der Waals surface area contributed by atoms with Gasteiger partial charge in [0.2, 0.25) is 0 Å². The van der Waals surface area contributed by atoms with Crippen LogP contribution in [0.3, 0.4) is 0 Å². The number of aryl methyl sites for hydroxylation is 2. The van der Waals surface area contributed by atoms with Crippen LogP contribution in [0.15, 0.2) is 40.9 Å². The molecule has 4 nitrogen and oxygen atoms in total. The minimum absolute atomic E-state index is 0.159. The van der Waals surface area contributed by atoms with Crippen LogP contribution in [-0.4, -0.2) is 25.1 Å². The molecule has 0 spiro atoms. The van der Waals surface area contributed by atoms with Crippen LogP contribution < -0.4 is 9.47 Å². The summed E-state index contributed by atoms with van der Waals surface area (Å²) >= 11 is 3.47.